The molecule has 0 bridgehead atoms. The molecule has 12 heteroatoms. The van der Waals surface area contributed by atoms with Crippen molar-refractivity contribution in [3.63, 3.8) is 0 Å². The van der Waals surface area contributed by atoms with Gasteiger partial charge in [-0.05, 0) is 18.9 Å². The first-order valence-electron chi connectivity index (χ1n) is 9.81. The molecule has 0 aromatic heterocycles. The van der Waals surface area contributed by atoms with Gasteiger partial charge in [0.1, 0.15) is 18.1 Å². The lowest BCUT2D eigenvalue weighted by molar-refractivity contribution is -0.143. The smallest absolute Gasteiger partial charge is 0.326 e. The minimum absolute atomic E-state index is 0.00438. The van der Waals surface area contributed by atoms with Gasteiger partial charge in [-0.2, -0.15) is 12.6 Å². The van der Waals surface area contributed by atoms with E-state index in [2.05, 4.69) is 28.6 Å². The summed E-state index contributed by atoms with van der Waals surface area (Å²) in [5, 5.41) is 25.5. The van der Waals surface area contributed by atoms with Crippen molar-refractivity contribution in [2.45, 2.75) is 50.4 Å². The van der Waals surface area contributed by atoms with Crippen LogP contribution >= 0.6 is 12.6 Å². The predicted octanol–water partition coefficient (Wildman–Crippen LogP) is -1.09. The third-order valence-electron chi connectivity index (χ3n) is 4.46. The van der Waals surface area contributed by atoms with Crippen LogP contribution in [0, 0.1) is 0 Å². The zero-order chi connectivity index (χ0) is 24.3. The average molecular weight is 469 g/mol. The minimum atomic E-state index is -1.32. The van der Waals surface area contributed by atoms with Gasteiger partial charge in [-0.1, -0.05) is 30.3 Å². The van der Waals surface area contributed by atoms with Gasteiger partial charge in [0, 0.05) is 18.6 Å². The number of amides is 3. The van der Waals surface area contributed by atoms with Gasteiger partial charge in [0.2, 0.25) is 17.7 Å². The summed E-state index contributed by atoms with van der Waals surface area (Å²) in [5.74, 6) is -4.66. The summed E-state index contributed by atoms with van der Waals surface area (Å²) in [6.07, 6.45) is -0.725. The molecule has 0 aliphatic rings. The number of nitrogens with one attached hydrogen (secondary N) is 3. The number of hydrogen-bond acceptors (Lipinski definition) is 7. The van der Waals surface area contributed by atoms with E-state index in [1.807, 2.05) is 0 Å². The van der Waals surface area contributed by atoms with Crippen molar-refractivity contribution >= 4 is 42.3 Å². The maximum absolute atomic E-state index is 12.7. The highest BCUT2D eigenvalue weighted by molar-refractivity contribution is 7.80. The number of hydrogen-bond donors (Lipinski definition) is 7. The molecule has 3 amide bonds. The van der Waals surface area contributed by atoms with Gasteiger partial charge in [0.25, 0.3) is 0 Å². The molecule has 1 rings (SSSR count). The Kier molecular flexibility index (Phi) is 11.2. The number of benzene rings is 1. The van der Waals surface area contributed by atoms with Crippen molar-refractivity contribution in [3.05, 3.63) is 35.9 Å². The van der Waals surface area contributed by atoms with Crippen LogP contribution in [0.3, 0.4) is 0 Å². The third kappa shape index (κ3) is 9.35. The molecule has 0 saturated carbocycles. The highest BCUT2D eigenvalue weighted by atomic mass is 32.1. The van der Waals surface area contributed by atoms with Crippen molar-refractivity contribution in [1.82, 2.24) is 16.0 Å². The minimum Gasteiger partial charge on any atom is -0.481 e. The molecule has 1 aromatic rings. The van der Waals surface area contributed by atoms with Crippen LogP contribution in [-0.4, -0.2) is 69.8 Å². The summed E-state index contributed by atoms with van der Waals surface area (Å²) < 4.78 is 0. The van der Waals surface area contributed by atoms with E-state index in [-0.39, 0.29) is 18.6 Å². The molecular formula is C20H28N4O7S. The molecule has 0 spiro atoms. The van der Waals surface area contributed by atoms with E-state index in [0.29, 0.717) is 5.56 Å². The van der Waals surface area contributed by atoms with E-state index < -0.39 is 60.2 Å². The predicted molar refractivity (Wildman–Crippen MR) is 118 cm³/mol. The van der Waals surface area contributed by atoms with Crippen LogP contribution < -0.4 is 21.7 Å². The number of nitrogens with two attached hydrogens (primary N) is 1. The Hall–Kier alpha value is -3.12. The lowest BCUT2D eigenvalue weighted by Crippen LogP contribution is -2.56. The van der Waals surface area contributed by atoms with E-state index in [9.17, 15) is 29.1 Å². The lowest BCUT2D eigenvalue weighted by Gasteiger charge is -2.23. The zero-order valence-corrected chi connectivity index (χ0v) is 18.4. The number of thiol groups is 1. The van der Waals surface area contributed by atoms with Crippen LogP contribution in [0.2, 0.25) is 0 Å². The first-order valence-corrected chi connectivity index (χ1v) is 10.4. The second-order valence-electron chi connectivity index (χ2n) is 7.10. The molecule has 1 aromatic carbocycles. The maximum Gasteiger partial charge on any atom is 0.326 e. The Morgan fingerprint density at radius 2 is 1.53 bits per heavy atom. The fraction of sp³-hybridized carbons (Fsp3) is 0.450. The zero-order valence-electron chi connectivity index (χ0n) is 17.5. The van der Waals surface area contributed by atoms with Gasteiger partial charge < -0.3 is 31.9 Å². The van der Waals surface area contributed by atoms with Crippen molar-refractivity contribution in [2.24, 2.45) is 5.73 Å². The Balaban J connectivity index is 2.87. The second kappa shape index (κ2) is 13.3. The van der Waals surface area contributed by atoms with Gasteiger partial charge >= 0.3 is 11.9 Å². The first-order chi connectivity index (χ1) is 15.0. The molecular weight excluding hydrogens is 440 g/mol. The summed E-state index contributed by atoms with van der Waals surface area (Å²) in [7, 11) is 0. The largest absolute Gasteiger partial charge is 0.481 e. The van der Waals surface area contributed by atoms with Crippen LogP contribution in [0.5, 0.6) is 0 Å². The number of rotatable bonds is 13. The molecule has 0 saturated heterocycles. The summed E-state index contributed by atoms with van der Waals surface area (Å²) >= 11 is 3.90. The van der Waals surface area contributed by atoms with E-state index in [4.69, 9.17) is 10.8 Å². The lowest BCUT2D eigenvalue weighted by atomic mass is 10.0. The van der Waals surface area contributed by atoms with E-state index in [0.717, 1.165) is 0 Å². The standard InChI is InChI=1S/C20H28N4O7S/c1-11(22-18(28)13(21)10-32)17(27)23-14(7-8-16(25)26)19(29)24-15(20(30)31)9-12-5-3-2-4-6-12/h2-6,11,13-15,32H,7-10,21H2,1H3,(H,22,28)(H,23,27)(H,24,29)(H,25,26)(H,30,31). The van der Waals surface area contributed by atoms with Crippen molar-refractivity contribution in [2.75, 3.05) is 5.75 Å². The summed E-state index contributed by atoms with van der Waals surface area (Å²) in [5.41, 5.74) is 6.21. The molecule has 0 aliphatic heterocycles. The van der Waals surface area contributed by atoms with E-state index in [1.165, 1.54) is 6.92 Å². The van der Waals surface area contributed by atoms with E-state index in [1.54, 1.807) is 30.3 Å². The fourth-order valence-corrected chi connectivity index (χ4v) is 2.79. The average Bonchev–Trinajstić information content (AvgIpc) is 2.75. The van der Waals surface area contributed by atoms with Crippen LogP contribution in [0.15, 0.2) is 30.3 Å². The quantitative estimate of drug-likeness (QED) is 0.178. The number of carboxylic acid groups (broad SMARTS) is 2. The molecule has 4 atom stereocenters. The topological polar surface area (TPSA) is 188 Å². The molecule has 0 fully saturated rings. The molecule has 0 heterocycles. The Morgan fingerprint density at radius 3 is 2.06 bits per heavy atom. The maximum atomic E-state index is 12.7. The summed E-state index contributed by atoms with van der Waals surface area (Å²) in [4.78, 5) is 59.5. The number of aliphatic carboxylic acids is 2. The highest BCUT2D eigenvalue weighted by Gasteiger charge is 2.29. The third-order valence-corrected chi connectivity index (χ3v) is 4.86. The fourth-order valence-electron chi connectivity index (χ4n) is 2.62. The van der Waals surface area contributed by atoms with Gasteiger partial charge in [-0.3, -0.25) is 19.2 Å². The first kappa shape index (κ1) is 26.9. The van der Waals surface area contributed by atoms with Crippen LogP contribution in [0.4, 0.5) is 0 Å². The molecule has 0 radical (unpaired) electrons. The van der Waals surface area contributed by atoms with Crippen molar-refractivity contribution in [1.29, 1.82) is 0 Å². The monoisotopic (exact) mass is 468 g/mol. The van der Waals surface area contributed by atoms with Crippen molar-refractivity contribution < 1.29 is 34.2 Å². The van der Waals surface area contributed by atoms with Crippen molar-refractivity contribution in [3.8, 4) is 0 Å². The summed E-state index contributed by atoms with van der Waals surface area (Å²) in [6, 6.07) is 3.98. The number of carbonyl (C=O) groups is 5. The van der Waals surface area contributed by atoms with Gasteiger partial charge in [0.15, 0.2) is 0 Å². The number of carboxylic acids is 2. The Bertz CT molecular complexity index is 821. The van der Waals surface area contributed by atoms with Crippen LogP contribution in [0.25, 0.3) is 0 Å². The molecule has 11 nitrogen and oxygen atoms in total. The second-order valence-corrected chi connectivity index (χ2v) is 7.47. The summed E-state index contributed by atoms with van der Waals surface area (Å²) in [6.45, 7) is 1.36. The molecule has 0 aliphatic carbocycles. The molecule has 7 N–H and O–H groups in total. The highest BCUT2D eigenvalue weighted by Crippen LogP contribution is 2.06. The van der Waals surface area contributed by atoms with Crippen LogP contribution in [0.1, 0.15) is 25.3 Å². The molecule has 176 valence electrons. The molecule has 32 heavy (non-hydrogen) atoms. The SMILES string of the molecule is CC(NC(=O)C(N)CS)C(=O)NC(CCC(=O)O)C(=O)NC(Cc1ccccc1)C(=O)O. The van der Waals surface area contributed by atoms with Gasteiger partial charge in [0.05, 0.1) is 6.04 Å². The van der Waals surface area contributed by atoms with E-state index >= 15 is 0 Å². The Labute approximate surface area is 190 Å². The Morgan fingerprint density at radius 1 is 0.938 bits per heavy atom. The normalized spacial score (nSPS) is 14.3. The van der Waals surface area contributed by atoms with Gasteiger partial charge in [-0.25, -0.2) is 4.79 Å². The number of carbonyl (C=O) groups excluding carboxylic acids is 3. The van der Waals surface area contributed by atoms with Crippen LogP contribution in [-0.2, 0) is 30.4 Å². The molecule has 4 unspecified atom stereocenters. The van der Waals surface area contributed by atoms with Gasteiger partial charge in [-0.15, -0.1) is 0 Å².